The van der Waals surface area contributed by atoms with Crippen molar-refractivity contribution in [3.05, 3.63) is 59.0 Å². The average molecular weight is 406 g/mol. The molecule has 9 heteroatoms. The molecule has 5 rings (SSSR count). The van der Waals surface area contributed by atoms with Gasteiger partial charge < -0.3 is 19.4 Å². The van der Waals surface area contributed by atoms with Crippen LogP contribution >= 0.6 is 0 Å². The van der Waals surface area contributed by atoms with Gasteiger partial charge in [0.1, 0.15) is 17.0 Å². The van der Waals surface area contributed by atoms with Crippen LogP contribution in [0.15, 0.2) is 40.8 Å². The van der Waals surface area contributed by atoms with Gasteiger partial charge in [0.2, 0.25) is 0 Å². The molecule has 1 saturated heterocycles. The van der Waals surface area contributed by atoms with Crippen LogP contribution in [-0.4, -0.2) is 41.4 Å². The Kier molecular flexibility index (Phi) is 3.82. The van der Waals surface area contributed by atoms with Crippen molar-refractivity contribution in [3.8, 4) is 5.75 Å². The maximum absolute atomic E-state index is 13.0. The van der Waals surface area contributed by atoms with Crippen molar-refractivity contribution in [3.63, 3.8) is 0 Å². The number of carbonyl (C=O) groups is 3. The number of hydrogen-bond donors (Lipinski definition) is 2. The number of benzene rings is 1. The molecule has 2 N–H and O–H groups in total. The van der Waals surface area contributed by atoms with Crippen LogP contribution in [0.4, 0.5) is 4.79 Å². The summed E-state index contributed by atoms with van der Waals surface area (Å²) in [5.74, 6) is -0.0310. The Morgan fingerprint density at radius 2 is 2.03 bits per heavy atom. The number of rotatable bonds is 4. The lowest BCUT2D eigenvalue weighted by molar-refractivity contribution is -0.125. The summed E-state index contributed by atoms with van der Waals surface area (Å²) in [7, 11) is 1.53. The summed E-state index contributed by atoms with van der Waals surface area (Å²) in [6, 6.07) is 9.81. The second kappa shape index (κ2) is 6.31. The SMILES string of the molecule is COc1ccc2c(c1)C(=O)N(C[C@@]1(c3cc4nc(C)ccc4o3)NC(=O)NC1=O)C2. The fraction of sp³-hybridized carbons (Fsp3) is 0.238. The monoisotopic (exact) mass is 406 g/mol. The second-order valence-corrected chi connectivity index (χ2v) is 7.44. The normalized spacial score (nSPS) is 20.5. The smallest absolute Gasteiger partial charge is 0.322 e. The predicted octanol–water partition coefficient (Wildman–Crippen LogP) is 1.84. The van der Waals surface area contributed by atoms with Crippen molar-refractivity contribution in [1.29, 1.82) is 0 Å². The van der Waals surface area contributed by atoms with Crippen molar-refractivity contribution in [2.75, 3.05) is 13.7 Å². The molecule has 4 heterocycles. The van der Waals surface area contributed by atoms with Crippen LogP contribution < -0.4 is 15.4 Å². The topological polar surface area (TPSA) is 114 Å². The molecule has 2 aliphatic rings. The molecule has 9 nitrogen and oxygen atoms in total. The Labute approximate surface area is 171 Å². The molecule has 0 unspecified atom stereocenters. The molecule has 1 fully saturated rings. The van der Waals surface area contributed by atoms with Crippen LogP contribution in [0.3, 0.4) is 0 Å². The number of fused-ring (bicyclic) bond motifs is 2. The summed E-state index contributed by atoms with van der Waals surface area (Å²) in [5, 5.41) is 4.93. The van der Waals surface area contributed by atoms with Gasteiger partial charge in [0, 0.05) is 23.9 Å². The number of pyridine rings is 1. The Balaban J connectivity index is 1.55. The Bertz CT molecular complexity index is 1230. The van der Waals surface area contributed by atoms with E-state index in [0.717, 1.165) is 11.3 Å². The molecule has 2 aromatic heterocycles. The third kappa shape index (κ3) is 2.62. The van der Waals surface area contributed by atoms with Crippen LogP contribution in [0.2, 0.25) is 0 Å². The lowest BCUT2D eigenvalue weighted by Gasteiger charge is -2.28. The van der Waals surface area contributed by atoms with E-state index in [1.807, 2.05) is 13.0 Å². The summed E-state index contributed by atoms with van der Waals surface area (Å²) < 4.78 is 11.1. The number of amides is 4. The van der Waals surface area contributed by atoms with Crippen molar-refractivity contribution < 1.29 is 23.5 Å². The molecule has 0 saturated carbocycles. The molecule has 30 heavy (non-hydrogen) atoms. The number of ether oxygens (including phenoxy) is 1. The number of urea groups is 1. The molecule has 1 atom stereocenters. The first-order valence-electron chi connectivity index (χ1n) is 9.37. The maximum Gasteiger partial charge on any atom is 0.322 e. The molecule has 0 spiro atoms. The Morgan fingerprint density at radius 3 is 2.77 bits per heavy atom. The zero-order chi connectivity index (χ0) is 21.0. The fourth-order valence-corrected chi connectivity index (χ4v) is 3.97. The van der Waals surface area contributed by atoms with Gasteiger partial charge in [-0.1, -0.05) is 6.07 Å². The van der Waals surface area contributed by atoms with E-state index in [0.29, 0.717) is 29.0 Å². The highest BCUT2D eigenvalue weighted by molar-refractivity contribution is 6.08. The number of nitrogens with zero attached hydrogens (tertiary/aromatic N) is 2. The van der Waals surface area contributed by atoms with Crippen molar-refractivity contribution in [2.24, 2.45) is 0 Å². The number of aromatic nitrogens is 1. The first-order chi connectivity index (χ1) is 14.4. The number of aryl methyl sites for hydroxylation is 1. The summed E-state index contributed by atoms with van der Waals surface area (Å²) >= 11 is 0. The number of carbonyl (C=O) groups excluding carboxylic acids is 3. The highest BCUT2D eigenvalue weighted by Crippen LogP contribution is 2.34. The first kappa shape index (κ1) is 18.2. The van der Waals surface area contributed by atoms with Crippen LogP contribution in [0.5, 0.6) is 5.75 Å². The zero-order valence-corrected chi connectivity index (χ0v) is 16.3. The van der Waals surface area contributed by atoms with Gasteiger partial charge in [-0.2, -0.15) is 0 Å². The fourth-order valence-electron chi connectivity index (χ4n) is 3.97. The van der Waals surface area contributed by atoms with Crippen LogP contribution in [0.25, 0.3) is 11.1 Å². The Hall–Kier alpha value is -3.88. The summed E-state index contributed by atoms with van der Waals surface area (Å²) in [5.41, 5.74) is 1.64. The van der Waals surface area contributed by atoms with E-state index in [9.17, 15) is 14.4 Å². The molecule has 0 radical (unpaired) electrons. The minimum absolute atomic E-state index is 0.0841. The highest BCUT2D eigenvalue weighted by atomic mass is 16.5. The minimum Gasteiger partial charge on any atom is -0.497 e. The van der Waals surface area contributed by atoms with Gasteiger partial charge in [-0.3, -0.25) is 14.9 Å². The van der Waals surface area contributed by atoms with Gasteiger partial charge in [0.25, 0.3) is 11.8 Å². The van der Waals surface area contributed by atoms with E-state index < -0.39 is 17.5 Å². The molecular weight excluding hydrogens is 388 g/mol. The molecular formula is C21H18N4O5. The third-order valence-electron chi connectivity index (χ3n) is 5.50. The molecule has 152 valence electrons. The number of furan rings is 1. The molecule has 1 aromatic carbocycles. The number of nitrogens with one attached hydrogen (secondary N) is 2. The average Bonchev–Trinajstić information content (AvgIpc) is 3.36. The summed E-state index contributed by atoms with van der Waals surface area (Å²) in [4.78, 5) is 43.9. The largest absolute Gasteiger partial charge is 0.497 e. The van der Waals surface area contributed by atoms with Crippen molar-refractivity contribution in [2.45, 2.75) is 19.0 Å². The van der Waals surface area contributed by atoms with Gasteiger partial charge in [-0.15, -0.1) is 0 Å². The first-order valence-corrected chi connectivity index (χ1v) is 9.37. The van der Waals surface area contributed by atoms with Gasteiger partial charge in [0.15, 0.2) is 11.1 Å². The van der Waals surface area contributed by atoms with Gasteiger partial charge in [0.05, 0.1) is 13.7 Å². The van der Waals surface area contributed by atoms with Gasteiger partial charge in [-0.25, -0.2) is 9.78 Å². The summed E-state index contributed by atoms with van der Waals surface area (Å²) in [6.07, 6.45) is 0. The van der Waals surface area contributed by atoms with E-state index in [1.54, 1.807) is 30.3 Å². The second-order valence-electron chi connectivity index (χ2n) is 7.44. The predicted molar refractivity (Wildman–Crippen MR) is 105 cm³/mol. The van der Waals surface area contributed by atoms with E-state index >= 15 is 0 Å². The molecule has 0 aliphatic carbocycles. The van der Waals surface area contributed by atoms with E-state index in [4.69, 9.17) is 9.15 Å². The standard InChI is InChI=1S/C21H18N4O5/c1-11-3-6-16-15(22-11)8-17(30-16)21(19(27)23-20(28)24-21)10-25-9-12-4-5-13(29-2)7-14(12)18(25)26/h3-8H,9-10H2,1-2H3,(H2,23,24,27,28)/t21-/m0/s1. The number of hydrogen-bond acceptors (Lipinski definition) is 6. The molecule has 0 bridgehead atoms. The number of imide groups is 1. The Morgan fingerprint density at radius 1 is 1.20 bits per heavy atom. The van der Waals surface area contributed by atoms with Crippen molar-refractivity contribution >= 4 is 28.9 Å². The molecule has 4 amide bonds. The van der Waals surface area contributed by atoms with E-state index in [2.05, 4.69) is 15.6 Å². The number of methoxy groups -OCH3 is 1. The van der Waals surface area contributed by atoms with Crippen LogP contribution in [0, 0.1) is 6.92 Å². The zero-order valence-electron chi connectivity index (χ0n) is 16.3. The van der Waals surface area contributed by atoms with E-state index in [-0.39, 0.29) is 18.2 Å². The molecule has 3 aromatic rings. The van der Waals surface area contributed by atoms with Gasteiger partial charge >= 0.3 is 6.03 Å². The quantitative estimate of drug-likeness (QED) is 0.639. The van der Waals surface area contributed by atoms with Crippen LogP contribution in [-0.2, 0) is 16.9 Å². The maximum atomic E-state index is 13.0. The highest BCUT2D eigenvalue weighted by Gasteiger charge is 2.53. The molecule has 2 aliphatic heterocycles. The summed E-state index contributed by atoms with van der Waals surface area (Å²) in [6.45, 7) is 2.07. The van der Waals surface area contributed by atoms with Crippen molar-refractivity contribution in [1.82, 2.24) is 20.5 Å². The lowest BCUT2D eigenvalue weighted by atomic mass is 9.95. The lowest BCUT2D eigenvalue weighted by Crippen LogP contribution is -2.52. The van der Waals surface area contributed by atoms with Crippen LogP contribution in [0.1, 0.15) is 27.4 Å². The van der Waals surface area contributed by atoms with Gasteiger partial charge in [-0.05, 0) is 36.8 Å². The van der Waals surface area contributed by atoms with E-state index in [1.165, 1.54) is 12.0 Å². The minimum atomic E-state index is -1.55. The third-order valence-corrected chi connectivity index (χ3v) is 5.50.